The predicted octanol–water partition coefficient (Wildman–Crippen LogP) is 3.29. The summed E-state index contributed by atoms with van der Waals surface area (Å²) in [6.07, 6.45) is 0. The van der Waals surface area contributed by atoms with Gasteiger partial charge in [-0.3, -0.25) is 9.69 Å². The van der Waals surface area contributed by atoms with Crippen LogP contribution in [0.4, 0.5) is 11.4 Å². The number of nitrogens with zero attached hydrogens (tertiary/aromatic N) is 3. The Labute approximate surface area is 168 Å². The number of carbonyl (C=O) groups excluding carboxylic acids is 1. The van der Waals surface area contributed by atoms with Gasteiger partial charge in [0.1, 0.15) is 0 Å². The van der Waals surface area contributed by atoms with Gasteiger partial charge in [0, 0.05) is 50.1 Å². The van der Waals surface area contributed by atoms with Gasteiger partial charge in [-0.05, 0) is 50.7 Å². The van der Waals surface area contributed by atoms with Crippen molar-refractivity contribution in [3.8, 4) is 0 Å². The summed E-state index contributed by atoms with van der Waals surface area (Å²) in [6, 6.07) is 18.8. The van der Waals surface area contributed by atoms with Gasteiger partial charge in [-0.1, -0.05) is 30.3 Å². The van der Waals surface area contributed by atoms with Crippen molar-refractivity contribution in [3.05, 3.63) is 60.2 Å². The van der Waals surface area contributed by atoms with Gasteiger partial charge in [0.25, 0.3) is 0 Å². The molecule has 0 aliphatic carbocycles. The van der Waals surface area contributed by atoms with E-state index in [1.807, 2.05) is 30.3 Å². The molecule has 5 nitrogen and oxygen atoms in total. The Morgan fingerprint density at radius 1 is 1.00 bits per heavy atom. The lowest BCUT2D eigenvalue weighted by molar-refractivity contribution is -0.117. The maximum atomic E-state index is 12.6. The molecule has 3 rings (SSSR count). The molecular weight excluding hydrogens is 348 g/mol. The minimum atomic E-state index is 0.0250. The van der Waals surface area contributed by atoms with E-state index in [4.69, 9.17) is 0 Å². The molecule has 28 heavy (non-hydrogen) atoms. The van der Waals surface area contributed by atoms with Crippen LogP contribution in [0.1, 0.15) is 19.4 Å². The van der Waals surface area contributed by atoms with Crippen LogP contribution in [0.15, 0.2) is 54.6 Å². The highest BCUT2D eigenvalue weighted by atomic mass is 16.2. The molecule has 1 aliphatic rings. The largest absolute Gasteiger partial charge is 0.369 e. The third-order valence-electron chi connectivity index (χ3n) is 5.32. The average molecular weight is 381 g/mol. The van der Waals surface area contributed by atoms with E-state index >= 15 is 0 Å². The maximum absolute atomic E-state index is 12.6. The molecule has 0 spiro atoms. The number of anilines is 2. The summed E-state index contributed by atoms with van der Waals surface area (Å²) < 4.78 is 0. The SMILES string of the molecule is CC(C)N(CC(=O)Nc1ccc(N2CCN(C)CC2)cc1)Cc1ccccc1. The Morgan fingerprint density at radius 2 is 1.64 bits per heavy atom. The fourth-order valence-corrected chi connectivity index (χ4v) is 3.44. The Bertz CT molecular complexity index is 737. The zero-order valence-electron chi connectivity index (χ0n) is 17.3. The van der Waals surface area contributed by atoms with Crippen LogP contribution in [0.2, 0.25) is 0 Å². The van der Waals surface area contributed by atoms with Gasteiger partial charge in [0.05, 0.1) is 6.54 Å². The first-order chi connectivity index (χ1) is 13.5. The molecule has 1 N–H and O–H groups in total. The molecule has 1 saturated heterocycles. The molecule has 1 heterocycles. The van der Waals surface area contributed by atoms with E-state index in [2.05, 4.69) is 65.2 Å². The van der Waals surface area contributed by atoms with E-state index in [0.717, 1.165) is 38.4 Å². The van der Waals surface area contributed by atoms with Gasteiger partial charge in [-0.15, -0.1) is 0 Å². The van der Waals surface area contributed by atoms with Gasteiger partial charge < -0.3 is 15.1 Å². The van der Waals surface area contributed by atoms with Crippen molar-refractivity contribution in [2.75, 3.05) is 50.0 Å². The first-order valence-corrected chi connectivity index (χ1v) is 10.1. The van der Waals surface area contributed by atoms with E-state index in [1.165, 1.54) is 11.3 Å². The third kappa shape index (κ3) is 5.81. The zero-order chi connectivity index (χ0) is 19.9. The Balaban J connectivity index is 1.54. The van der Waals surface area contributed by atoms with Gasteiger partial charge in [-0.2, -0.15) is 0 Å². The summed E-state index contributed by atoms with van der Waals surface area (Å²) >= 11 is 0. The molecule has 150 valence electrons. The molecule has 0 atom stereocenters. The lowest BCUT2D eigenvalue weighted by Gasteiger charge is -2.34. The molecule has 1 amide bonds. The second-order valence-corrected chi connectivity index (χ2v) is 7.87. The molecule has 2 aromatic rings. The van der Waals surface area contributed by atoms with Gasteiger partial charge in [0.15, 0.2) is 0 Å². The lowest BCUT2D eigenvalue weighted by atomic mass is 10.2. The molecular formula is C23H32N4O. The Hall–Kier alpha value is -2.37. The topological polar surface area (TPSA) is 38.8 Å². The summed E-state index contributed by atoms with van der Waals surface area (Å²) in [5.41, 5.74) is 3.30. The van der Waals surface area contributed by atoms with E-state index in [0.29, 0.717) is 12.6 Å². The Kier molecular flexibility index (Phi) is 7.06. The highest BCUT2D eigenvalue weighted by molar-refractivity contribution is 5.92. The summed E-state index contributed by atoms with van der Waals surface area (Å²) in [6.45, 7) is 9.68. The highest BCUT2D eigenvalue weighted by Crippen LogP contribution is 2.19. The summed E-state index contributed by atoms with van der Waals surface area (Å²) in [5.74, 6) is 0.0250. The maximum Gasteiger partial charge on any atom is 0.238 e. The minimum absolute atomic E-state index is 0.0250. The number of hydrogen-bond acceptors (Lipinski definition) is 4. The molecule has 1 fully saturated rings. The number of amides is 1. The number of piperazine rings is 1. The van der Waals surface area contributed by atoms with Crippen LogP contribution in [0.5, 0.6) is 0 Å². The first kappa shape index (κ1) is 20.4. The molecule has 0 unspecified atom stereocenters. The molecule has 2 aromatic carbocycles. The zero-order valence-corrected chi connectivity index (χ0v) is 17.3. The summed E-state index contributed by atoms with van der Waals surface area (Å²) in [5, 5.41) is 3.04. The molecule has 0 aromatic heterocycles. The number of carbonyl (C=O) groups is 1. The van der Waals surface area contributed by atoms with Crippen molar-refractivity contribution in [1.82, 2.24) is 9.80 Å². The number of rotatable bonds is 7. The average Bonchev–Trinajstić information content (AvgIpc) is 2.69. The van der Waals surface area contributed by atoms with Crippen molar-refractivity contribution in [2.45, 2.75) is 26.4 Å². The predicted molar refractivity (Wildman–Crippen MR) is 117 cm³/mol. The minimum Gasteiger partial charge on any atom is -0.369 e. The lowest BCUT2D eigenvalue weighted by Crippen LogP contribution is -2.44. The van der Waals surface area contributed by atoms with E-state index < -0.39 is 0 Å². The van der Waals surface area contributed by atoms with E-state index in [9.17, 15) is 4.79 Å². The van der Waals surface area contributed by atoms with E-state index in [1.54, 1.807) is 0 Å². The second kappa shape index (κ2) is 9.71. The molecule has 5 heteroatoms. The van der Waals surface area contributed by atoms with Crippen molar-refractivity contribution < 1.29 is 4.79 Å². The monoisotopic (exact) mass is 380 g/mol. The number of likely N-dealkylation sites (N-methyl/N-ethyl adjacent to an activating group) is 1. The quantitative estimate of drug-likeness (QED) is 0.800. The molecule has 1 aliphatic heterocycles. The molecule has 0 radical (unpaired) electrons. The van der Waals surface area contributed by atoms with Crippen LogP contribution in [0.3, 0.4) is 0 Å². The fraction of sp³-hybridized carbons (Fsp3) is 0.435. The van der Waals surface area contributed by atoms with Crippen molar-refractivity contribution in [1.29, 1.82) is 0 Å². The summed E-state index contributed by atoms with van der Waals surface area (Å²) in [7, 11) is 2.16. The number of hydrogen-bond donors (Lipinski definition) is 1. The van der Waals surface area contributed by atoms with Gasteiger partial charge >= 0.3 is 0 Å². The van der Waals surface area contributed by atoms with Gasteiger partial charge in [-0.25, -0.2) is 0 Å². The smallest absolute Gasteiger partial charge is 0.238 e. The van der Waals surface area contributed by atoms with Crippen LogP contribution in [-0.4, -0.2) is 61.5 Å². The van der Waals surface area contributed by atoms with Crippen molar-refractivity contribution in [3.63, 3.8) is 0 Å². The van der Waals surface area contributed by atoms with Crippen LogP contribution in [0.25, 0.3) is 0 Å². The van der Waals surface area contributed by atoms with Crippen LogP contribution in [-0.2, 0) is 11.3 Å². The van der Waals surface area contributed by atoms with Crippen molar-refractivity contribution in [2.24, 2.45) is 0 Å². The van der Waals surface area contributed by atoms with Crippen LogP contribution in [0, 0.1) is 0 Å². The number of nitrogens with one attached hydrogen (secondary N) is 1. The van der Waals surface area contributed by atoms with Gasteiger partial charge in [0.2, 0.25) is 5.91 Å². The van der Waals surface area contributed by atoms with Crippen LogP contribution < -0.4 is 10.2 Å². The molecule has 0 saturated carbocycles. The van der Waals surface area contributed by atoms with Crippen LogP contribution >= 0.6 is 0 Å². The normalized spacial score (nSPS) is 15.2. The Morgan fingerprint density at radius 3 is 2.25 bits per heavy atom. The first-order valence-electron chi connectivity index (χ1n) is 10.1. The third-order valence-corrected chi connectivity index (χ3v) is 5.32. The van der Waals surface area contributed by atoms with E-state index in [-0.39, 0.29) is 5.91 Å². The second-order valence-electron chi connectivity index (χ2n) is 7.87. The number of benzene rings is 2. The van der Waals surface area contributed by atoms with Crippen molar-refractivity contribution >= 4 is 17.3 Å². The fourth-order valence-electron chi connectivity index (χ4n) is 3.44. The standard InChI is InChI=1S/C23H32N4O/c1-19(2)27(17-20-7-5-4-6-8-20)18-23(28)24-21-9-11-22(12-10-21)26-15-13-25(3)14-16-26/h4-12,19H,13-18H2,1-3H3,(H,24,28). The molecule has 0 bridgehead atoms. The summed E-state index contributed by atoms with van der Waals surface area (Å²) in [4.78, 5) is 19.5. The highest BCUT2D eigenvalue weighted by Gasteiger charge is 2.16.